The fourth-order valence-corrected chi connectivity index (χ4v) is 4.72. The number of carbonyl (C=O) groups excluding carboxylic acids is 1. The average Bonchev–Trinajstić information content (AvgIpc) is 2.69. The van der Waals surface area contributed by atoms with Gasteiger partial charge in [-0.3, -0.25) is 4.79 Å². The van der Waals surface area contributed by atoms with E-state index in [2.05, 4.69) is 5.32 Å². The Balaban J connectivity index is 1.91. The van der Waals surface area contributed by atoms with Gasteiger partial charge < -0.3 is 14.8 Å². The lowest BCUT2D eigenvalue weighted by atomic mass is 10.1. The van der Waals surface area contributed by atoms with E-state index in [1.165, 1.54) is 17.5 Å². The third kappa shape index (κ3) is 4.19. The SMILES string of the molecule is COc1ccc(C)cc1NC(=O)c1ccc(C)c(S(=O)(=O)N2CCOCC2)c1. The fraction of sp³-hybridized carbons (Fsp3) is 0.350. The summed E-state index contributed by atoms with van der Waals surface area (Å²) in [6.45, 7) is 4.97. The van der Waals surface area contributed by atoms with Gasteiger partial charge in [-0.2, -0.15) is 4.31 Å². The summed E-state index contributed by atoms with van der Waals surface area (Å²) in [5, 5.41) is 2.80. The van der Waals surface area contributed by atoms with Crippen LogP contribution in [0.5, 0.6) is 5.75 Å². The van der Waals surface area contributed by atoms with E-state index in [-0.39, 0.29) is 10.5 Å². The number of amides is 1. The second-order valence-corrected chi connectivity index (χ2v) is 8.56. The minimum atomic E-state index is -3.69. The summed E-state index contributed by atoms with van der Waals surface area (Å²) < 4.78 is 37.9. The van der Waals surface area contributed by atoms with E-state index in [0.29, 0.717) is 43.3 Å². The molecule has 1 aliphatic heterocycles. The molecule has 3 rings (SSSR count). The fourth-order valence-electron chi connectivity index (χ4n) is 3.06. The highest BCUT2D eigenvalue weighted by atomic mass is 32.2. The zero-order valence-electron chi connectivity index (χ0n) is 16.2. The van der Waals surface area contributed by atoms with E-state index in [4.69, 9.17) is 9.47 Å². The predicted octanol–water partition coefficient (Wildman–Crippen LogP) is 2.59. The van der Waals surface area contributed by atoms with Crippen molar-refractivity contribution in [2.45, 2.75) is 18.7 Å². The van der Waals surface area contributed by atoms with Crippen molar-refractivity contribution in [1.82, 2.24) is 4.31 Å². The van der Waals surface area contributed by atoms with Gasteiger partial charge >= 0.3 is 0 Å². The topological polar surface area (TPSA) is 84.9 Å². The Hall–Kier alpha value is -2.42. The van der Waals surface area contributed by atoms with Gasteiger partial charge in [-0.1, -0.05) is 12.1 Å². The highest BCUT2D eigenvalue weighted by Gasteiger charge is 2.28. The summed E-state index contributed by atoms with van der Waals surface area (Å²) >= 11 is 0. The van der Waals surface area contributed by atoms with Crippen LogP contribution in [0.2, 0.25) is 0 Å². The highest BCUT2D eigenvalue weighted by molar-refractivity contribution is 7.89. The van der Waals surface area contributed by atoms with Gasteiger partial charge in [0.25, 0.3) is 5.91 Å². The van der Waals surface area contributed by atoms with E-state index < -0.39 is 15.9 Å². The maximum atomic E-state index is 13.0. The molecule has 0 atom stereocenters. The van der Waals surface area contributed by atoms with Crippen molar-refractivity contribution >= 4 is 21.6 Å². The number of sulfonamides is 1. The third-order valence-electron chi connectivity index (χ3n) is 4.64. The van der Waals surface area contributed by atoms with Crippen molar-refractivity contribution in [1.29, 1.82) is 0 Å². The van der Waals surface area contributed by atoms with Crippen LogP contribution in [0.15, 0.2) is 41.3 Å². The smallest absolute Gasteiger partial charge is 0.255 e. The van der Waals surface area contributed by atoms with Gasteiger partial charge in [0.05, 0.1) is 30.9 Å². The quantitative estimate of drug-likeness (QED) is 0.828. The second kappa shape index (κ2) is 8.30. The molecule has 0 radical (unpaired) electrons. The Bertz CT molecular complexity index is 982. The van der Waals surface area contributed by atoms with Crippen molar-refractivity contribution in [3.63, 3.8) is 0 Å². The maximum Gasteiger partial charge on any atom is 0.255 e. The minimum absolute atomic E-state index is 0.137. The first-order chi connectivity index (χ1) is 13.3. The zero-order valence-corrected chi connectivity index (χ0v) is 17.0. The predicted molar refractivity (Wildman–Crippen MR) is 106 cm³/mol. The Morgan fingerprint density at radius 3 is 2.50 bits per heavy atom. The number of rotatable bonds is 5. The minimum Gasteiger partial charge on any atom is -0.495 e. The van der Waals surface area contributed by atoms with Gasteiger partial charge in [0.15, 0.2) is 0 Å². The average molecular weight is 404 g/mol. The van der Waals surface area contributed by atoms with Crippen LogP contribution in [-0.4, -0.2) is 52.0 Å². The maximum absolute atomic E-state index is 13.0. The summed E-state index contributed by atoms with van der Waals surface area (Å²) in [6, 6.07) is 10.1. The Kier molecular flexibility index (Phi) is 6.02. The van der Waals surface area contributed by atoms with Crippen molar-refractivity contribution < 1.29 is 22.7 Å². The third-order valence-corrected chi connectivity index (χ3v) is 6.68. The number of aryl methyl sites for hydroxylation is 2. The molecule has 1 saturated heterocycles. The first kappa shape index (κ1) is 20.3. The first-order valence-electron chi connectivity index (χ1n) is 8.97. The molecule has 0 spiro atoms. The number of ether oxygens (including phenoxy) is 2. The van der Waals surface area contributed by atoms with Gasteiger partial charge in [-0.05, 0) is 49.2 Å². The van der Waals surface area contributed by atoms with Crippen molar-refractivity contribution in [3.8, 4) is 5.75 Å². The molecule has 1 N–H and O–H groups in total. The van der Waals surface area contributed by atoms with Crippen LogP contribution in [0.25, 0.3) is 0 Å². The number of hydrogen-bond donors (Lipinski definition) is 1. The van der Waals surface area contributed by atoms with Crippen LogP contribution in [0, 0.1) is 13.8 Å². The molecule has 7 nitrogen and oxygen atoms in total. The molecule has 0 unspecified atom stereocenters. The van der Waals surface area contributed by atoms with Gasteiger partial charge in [0, 0.05) is 18.7 Å². The monoisotopic (exact) mass is 404 g/mol. The van der Waals surface area contributed by atoms with Crippen LogP contribution in [0.3, 0.4) is 0 Å². The normalized spacial score (nSPS) is 15.2. The molecule has 2 aromatic rings. The summed E-state index contributed by atoms with van der Waals surface area (Å²) in [5.41, 5.74) is 2.36. The summed E-state index contributed by atoms with van der Waals surface area (Å²) in [4.78, 5) is 12.9. The highest BCUT2D eigenvalue weighted by Crippen LogP contribution is 2.27. The Morgan fingerprint density at radius 1 is 1.11 bits per heavy atom. The van der Waals surface area contributed by atoms with E-state index in [9.17, 15) is 13.2 Å². The number of anilines is 1. The molecule has 1 amide bonds. The van der Waals surface area contributed by atoms with Gasteiger partial charge in [0.1, 0.15) is 5.75 Å². The molecule has 28 heavy (non-hydrogen) atoms. The van der Waals surface area contributed by atoms with Crippen LogP contribution < -0.4 is 10.1 Å². The Morgan fingerprint density at radius 2 is 1.82 bits per heavy atom. The first-order valence-corrected chi connectivity index (χ1v) is 10.4. The number of hydrogen-bond acceptors (Lipinski definition) is 5. The zero-order chi connectivity index (χ0) is 20.3. The standard InChI is InChI=1S/C20H24N2O5S/c1-14-4-7-18(26-3)17(12-14)21-20(23)16-6-5-15(2)19(13-16)28(24,25)22-8-10-27-11-9-22/h4-7,12-13H,8-11H2,1-3H3,(H,21,23). The molecule has 0 aromatic heterocycles. The number of nitrogens with zero attached hydrogens (tertiary/aromatic N) is 1. The van der Waals surface area contributed by atoms with E-state index in [0.717, 1.165) is 5.56 Å². The second-order valence-electron chi connectivity index (χ2n) is 6.65. The molecule has 1 fully saturated rings. The van der Waals surface area contributed by atoms with Crippen LogP contribution in [0.1, 0.15) is 21.5 Å². The summed E-state index contributed by atoms with van der Waals surface area (Å²) in [5.74, 6) is 0.134. The molecule has 8 heteroatoms. The van der Waals surface area contributed by atoms with Crippen LogP contribution in [0.4, 0.5) is 5.69 Å². The number of nitrogens with one attached hydrogen (secondary N) is 1. The van der Waals surface area contributed by atoms with Crippen molar-refractivity contribution in [2.24, 2.45) is 0 Å². The van der Waals surface area contributed by atoms with Crippen LogP contribution >= 0.6 is 0 Å². The van der Waals surface area contributed by atoms with E-state index >= 15 is 0 Å². The summed E-state index contributed by atoms with van der Waals surface area (Å²) in [7, 11) is -2.17. The van der Waals surface area contributed by atoms with Crippen molar-refractivity contribution in [3.05, 3.63) is 53.1 Å². The lowest BCUT2D eigenvalue weighted by Crippen LogP contribution is -2.40. The van der Waals surface area contributed by atoms with Gasteiger partial charge in [-0.25, -0.2) is 8.42 Å². The molecule has 0 bridgehead atoms. The lowest BCUT2D eigenvalue weighted by molar-refractivity contribution is 0.0730. The van der Waals surface area contributed by atoms with Gasteiger partial charge in [-0.15, -0.1) is 0 Å². The molecule has 150 valence electrons. The molecule has 1 heterocycles. The number of morpholine rings is 1. The van der Waals surface area contributed by atoms with Gasteiger partial charge in [0.2, 0.25) is 10.0 Å². The number of carbonyl (C=O) groups is 1. The van der Waals surface area contributed by atoms with E-state index in [1.54, 1.807) is 31.2 Å². The van der Waals surface area contributed by atoms with E-state index in [1.807, 2.05) is 13.0 Å². The number of benzene rings is 2. The molecule has 1 aliphatic rings. The lowest BCUT2D eigenvalue weighted by Gasteiger charge is -2.26. The number of methoxy groups -OCH3 is 1. The molecule has 0 aliphatic carbocycles. The molecular weight excluding hydrogens is 380 g/mol. The molecule has 0 saturated carbocycles. The molecular formula is C20H24N2O5S. The summed E-state index contributed by atoms with van der Waals surface area (Å²) in [6.07, 6.45) is 0. The Labute approximate surface area is 165 Å². The van der Waals surface area contributed by atoms with Crippen molar-refractivity contribution in [2.75, 3.05) is 38.7 Å². The largest absolute Gasteiger partial charge is 0.495 e. The van der Waals surface area contributed by atoms with Crippen LogP contribution in [-0.2, 0) is 14.8 Å². The molecule has 2 aromatic carbocycles.